The minimum Gasteiger partial charge on any atom is -0.459 e. The Kier molecular flexibility index (Phi) is 17.2. The molecule has 10 unspecified atom stereocenters. The molecule has 0 amide bonds. The van der Waals surface area contributed by atoms with Crippen LogP contribution in [0.4, 0.5) is 0 Å². The molecule has 3 aliphatic heterocycles. The van der Waals surface area contributed by atoms with Crippen molar-refractivity contribution in [3.8, 4) is 0 Å². The van der Waals surface area contributed by atoms with Crippen molar-refractivity contribution in [2.45, 2.75) is 185 Å². The third-order valence-electron chi connectivity index (χ3n) is 12.6. The van der Waals surface area contributed by atoms with Crippen LogP contribution in [0.5, 0.6) is 0 Å². The third-order valence-corrected chi connectivity index (χ3v) is 12.6. The fourth-order valence-electron chi connectivity index (χ4n) is 9.12. The summed E-state index contributed by atoms with van der Waals surface area (Å²) in [6, 6.07) is -0.945. The number of ether oxygens (including phenoxy) is 7. The van der Waals surface area contributed by atoms with Gasteiger partial charge < -0.3 is 63.6 Å². The third kappa shape index (κ3) is 11.2. The molecule has 3 aliphatic rings. The van der Waals surface area contributed by atoms with Crippen LogP contribution in [0.2, 0.25) is 0 Å². The molecule has 16 nitrogen and oxygen atoms in total. The summed E-state index contributed by atoms with van der Waals surface area (Å²) in [5.74, 6) is -3.81. The molecule has 0 aromatic carbocycles. The highest BCUT2D eigenvalue weighted by Crippen LogP contribution is 2.40. The lowest BCUT2D eigenvalue weighted by molar-refractivity contribution is -0.318. The maximum atomic E-state index is 14.4. The van der Waals surface area contributed by atoms with Gasteiger partial charge in [-0.1, -0.05) is 20.8 Å². The van der Waals surface area contributed by atoms with Gasteiger partial charge >= 0.3 is 11.9 Å². The predicted octanol–water partition coefficient (Wildman–Crippen LogP) is 1.44. The van der Waals surface area contributed by atoms with Crippen molar-refractivity contribution in [1.29, 1.82) is 0 Å². The van der Waals surface area contributed by atoms with E-state index < -0.39 is 109 Å². The smallest absolute Gasteiger partial charge is 0.332 e. The summed E-state index contributed by atoms with van der Waals surface area (Å²) < 4.78 is 43.3. The zero-order valence-corrected chi connectivity index (χ0v) is 36.2. The van der Waals surface area contributed by atoms with Crippen LogP contribution in [0.3, 0.4) is 0 Å². The summed E-state index contributed by atoms with van der Waals surface area (Å²) in [5.41, 5.74) is -4.60. The minimum absolute atomic E-state index is 0.0971. The number of methoxy groups -OCH3 is 1. The molecule has 328 valence electrons. The van der Waals surface area contributed by atoms with Crippen molar-refractivity contribution in [2.24, 2.45) is 17.8 Å². The molecule has 56 heavy (non-hydrogen) atoms. The highest BCUT2D eigenvalue weighted by atomic mass is 16.7. The summed E-state index contributed by atoms with van der Waals surface area (Å²) in [5, 5.41) is 56.9. The number of carbonyl (C=O) groups excluding carboxylic acids is 2. The maximum absolute atomic E-state index is 14.4. The summed E-state index contributed by atoms with van der Waals surface area (Å²) in [6.07, 6.45) is -8.81. The Morgan fingerprint density at radius 2 is 1.61 bits per heavy atom. The molecule has 5 N–H and O–H groups in total. The quantitative estimate of drug-likeness (QED) is 0.209. The van der Waals surface area contributed by atoms with Crippen molar-refractivity contribution < 1.29 is 68.3 Å². The number of likely N-dealkylation sites (N-methyl/N-ethyl adjacent to an activating group) is 2. The first-order chi connectivity index (χ1) is 25.8. The molecule has 0 aromatic heterocycles. The van der Waals surface area contributed by atoms with Crippen LogP contribution >= 0.6 is 0 Å². The Bertz CT molecular complexity index is 1270. The average molecular weight is 807 g/mol. The van der Waals surface area contributed by atoms with Gasteiger partial charge in [0.15, 0.2) is 12.6 Å². The Morgan fingerprint density at radius 3 is 2.16 bits per heavy atom. The molecule has 3 rings (SSSR count). The number of aliphatic hydroxyl groups is 5. The lowest BCUT2D eigenvalue weighted by Gasteiger charge is -2.48. The van der Waals surface area contributed by atoms with Crippen LogP contribution in [0.25, 0.3) is 0 Å². The van der Waals surface area contributed by atoms with Gasteiger partial charge in [0, 0.05) is 38.1 Å². The fourth-order valence-corrected chi connectivity index (χ4v) is 9.12. The fraction of sp³-hybridized carbons (Fsp3) is 0.950. The van der Waals surface area contributed by atoms with Gasteiger partial charge in [0.1, 0.15) is 36.6 Å². The molecule has 3 saturated heterocycles. The van der Waals surface area contributed by atoms with Gasteiger partial charge in [-0.3, -0.25) is 9.69 Å². The summed E-state index contributed by atoms with van der Waals surface area (Å²) in [7, 11) is 7.03. The molecule has 0 aliphatic carbocycles. The Morgan fingerprint density at radius 1 is 0.982 bits per heavy atom. The first-order valence-corrected chi connectivity index (χ1v) is 20.2. The SMILES string of the molecule is CCC1OC(=O)C(C)C(O[C@H]2C[C@@](C)(OC)[C@@H](O)[C@H](C)O2)C(C)C(O[C@@H]2O[C@H](C)C[C@H](N(C)C)[C@H]2O)C(C)(O)CC(C)CN(C)C(C)C(OC(=O)CO)C1(C)O. The van der Waals surface area contributed by atoms with Crippen molar-refractivity contribution in [2.75, 3.05) is 41.4 Å². The van der Waals surface area contributed by atoms with E-state index in [1.54, 1.807) is 55.5 Å². The van der Waals surface area contributed by atoms with Crippen LogP contribution in [-0.2, 0) is 42.7 Å². The lowest BCUT2D eigenvalue weighted by Crippen LogP contribution is -2.61. The second-order valence-electron chi connectivity index (χ2n) is 17.8. The zero-order chi connectivity index (χ0) is 42.7. The van der Waals surface area contributed by atoms with Crippen LogP contribution in [0.15, 0.2) is 0 Å². The van der Waals surface area contributed by atoms with E-state index in [2.05, 4.69) is 0 Å². The number of hydrogen-bond donors (Lipinski definition) is 5. The predicted molar refractivity (Wildman–Crippen MR) is 205 cm³/mol. The van der Waals surface area contributed by atoms with Gasteiger partial charge in [-0.25, -0.2) is 4.79 Å². The normalized spacial score (nSPS) is 46.8. The second kappa shape index (κ2) is 19.7. The number of hydrogen-bond acceptors (Lipinski definition) is 16. The molecule has 0 bridgehead atoms. The average Bonchev–Trinajstić information content (AvgIpc) is 3.11. The molecule has 3 heterocycles. The monoisotopic (exact) mass is 807 g/mol. The van der Waals surface area contributed by atoms with Gasteiger partial charge in [0.25, 0.3) is 0 Å². The van der Waals surface area contributed by atoms with Crippen LogP contribution in [-0.4, -0.2) is 179 Å². The number of nitrogens with zero attached hydrogens (tertiary/aromatic N) is 2. The molecule has 0 aromatic rings. The first kappa shape index (κ1) is 48.8. The Hall–Kier alpha value is -1.54. The Balaban J connectivity index is 2.22. The number of rotatable bonds is 9. The van der Waals surface area contributed by atoms with E-state index in [0.717, 1.165) is 0 Å². The number of aliphatic hydroxyl groups excluding tert-OH is 3. The van der Waals surface area contributed by atoms with Gasteiger partial charge in [0.2, 0.25) is 0 Å². The van der Waals surface area contributed by atoms with Crippen LogP contribution in [0, 0.1) is 17.8 Å². The molecule has 0 spiro atoms. The topological polar surface area (TPSA) is 206 Å². The van der Waals surface area contributed by atoms with E-state index in [1.807, 2.05) is 37.7 Å². The second-order valence-corrected chi connectivity index (χ2v) is 17.8. The van der Waals surface area contributed by atoms with E-state index in [9.17, 15) is 35.1 Å². The summed E-state index contributed by atoms with van der Waals surface area (Å²) in [6.45, 7) is 16.7. The van der Waals surface area contributed by atoms with Gasteiger partial charge in [-0.15, -0.1) is 0 Å². The molecule has 0 saturated carbocycles. The molecule has 16 heteroatoms. The van der Waals surface area contributed by atoms with Crippen molar-refractivity contribution in [3.63, 3.8) is 0 Å². The van der Waals surface area contributed by atoms with Gasteiger partial charge in [0.05, 0.1) is 41.5 Å². The molecular formula is C40H74N2O14. The van der Waals surface area contributed by atoms with Crippen molar-refractivity contribution in [3.05, 3.63) is 0 Å². The Labute approximate surface area is 334 Å². The summed E-state index contributed by atoms with van der Waals surface area (Å²) in [4.78, 5) is 30.7. The standard InChI is InChI=1S/C40H74N2O14/c1-15-28-40(10,49)35(54-29(44)20-43)25(6)42(13)19-21(2)17-38(8,48)34(56-37-31(45)27(41(11)12)16-22(3)51-37)23(4)32(24(5)36(47)53-28)55-30-18-39(9,50-14)33(46)26(7)52-30/h21-28,30-35,37,43,45-46,48-49H,15-20H2,1-14H3/t21?,22-,23?,24?,25?,26+,27+,28?,30+,31-,32?,33+,34?,35?,37+,38?,39-,40?/m1/s1. The largest absolute Gasteiger partial charge is 0.459 e. The number of carbonyl (C=O) groups is 2. The van der Waals surface area contributed by atoms with E-state index >= 15 is 0 Å². The van der Waals surface area contributed by atoms with Crippen molar-refractivity contribution >= 4 is 11.9 Å². The van der Waals surface area contributed by atoms with E-state index in [-0.39, 0.29) is 37.3 Å². The lowest BCUT2D eigenvalue weighted by atomic mass is 9.77. The van der Waals surface area contributed by atoms with E-state index in [0.29, 0.717) is 13.0 Å². The van der Waals surface area contributed by atoms with Crippen LogP contribution < -0.4 is 0 Å². The summed E-state index contributed by atoms with van der Waals surface area (Å²) >= 11 is 0. The zero-order valence-electron chi connectivity index (χ0n) is 36.2. The number of cyclic esters (lactones) is 1. The minimum atomic E-state index is -1.92. The molecule has 0 radical (unpaired) electrons. The first-order valence-electron chi connectivity index (χ1n) is 20.2. The number of esters is 2. The van der Waals surface area contributed by atoms with E-state index in [4.69, 9.17) is 33.2 Å². The highest BCUT2D eigenvalue weighted by molar-refractivity contribution is 5.73. The van der Waals surface area contributed by atoms with Crippen molar-refractivity contribution in [1.82, 2.24) is 9.80 Å². The molecule has 18 atom stereocenters. The van der Waals surface area contributed by atoms with Crippen LogP contribution in [0.1, 0.15) is 94.9 Å². The van der Waals surface area contributed by atoms with E-state index in [1.165, 1.54) is 14.0 Å². The van der Waals surface area contributed by atoms with Gasteiger partial charge in [-0.2, -0.15) is 0 Å². The highest BCUT2D eigenvalue weighted by Gasteiger charge is 2.53. The van der Waals surface area contributed by atoms with Gasteiger partial charge in [-0.05, 0) is 94.8 Å². The molecule has 3 fully saturated rings. The molecular weight excluding hydrogens is 732 g/mol. The maximum Gasteiger partial charge on any atom is 0.332 e.